The number of azo groups is 1. The quantitative estimate of drug-likeness (QED) is 0.0374. The Balaban J connectivity index is 2.15. The molecule has 0 fully saturated rings. The Kier molecular flexibility index (Phi) is 41.0. The van der Waals surface area contributed by atoms with Gasteiger partial charge in [0.05, 0.1) is 104 Å². The van der Waals surface area contributed by atoms with Gasteiger partial charge in [-0.1, -0.05) is 142 Å². The summed E-state index contributed by atoms with van der Waals surface area (Å²) in [6.07, 6.45) is 29.9. The molecule has 388 valence electrons. The number of aliphatic hydroxyl groups excluding tert-OH is 2. The highest BCUT2D eigenvalue weighted by molar-refractivity contribution is 7.12. The number of rotatable bonds is 50. The van der Waals surface area contributed by atoms with Crippen LogP contribution in [0, 0.1) is 6.92 Å². The zero-order chi connectivity index (χ0) is 48.1. The van der Waals surface area contributed by atoms with Crippen molar-refractivity contribution in [3.05, 3.63) is 35.3 Å². The van der Waals surface area contributed by atoms with E-state index in [1.54, 1.807) is 11.3 Å². The summed E-state index contributed by atoms with van der Waals surface area (Å²) in [6.45, 7) is 13.0. The minimum absolute atomic E-state index is 0.00421. The molecule has 0 saturated heterocycles. The standard InChI is InChI=1S/C53H97N4O9S/c1-5-7-9-11-13-15-17-19-21-23-25-32-63-46-50(65-40-38-61-35-31-59)44-57(49-27-28-52(48(3)43-49)54-55-53-56(4)29-42-67-53)45-51(66-41-39-62-37-36-60-34-30-58)47-64-33-26-24-22-20-18-16-14-12-10-8-6-2/h27-29,42-43,50-51,58-59H,5-26,30-41,44-47H2,1-4H3/q+1. The lowest BCUT2D eigenvalue weighted by atomic mass is 10.1. The number of anilines is 1. The number of aromatic nitrogens is 1. The van der Waals surface area contributed by atoms with Gasteiger partial charge in [0.2, 0.25) is 0 Å². The lowest BCUT2D eigenvalue weighted by molar-refractivity contribution is -0.654. The number of thiazole rings is 1. The third kappa shape index (κ3) is 34.0. The van der Waals surface area contributed by atoms with Crippen molar-refractivity contribution in [2.45, 2.75) is 174 Å². The van der Waals surface area contributed by atoms with Gasteiger partial charge in [0.15, 0.2) is 0 Å². The highest BCUT2D eigenvalue weighted by atomic mass is 32.1. The minimum Gasteiger partial charge on any atom is -0.394 e. The van der Waals surface area contributed by atoms with Crippen LogP contribution < -0.4 is 9.47 Å². The third-order valence-corrected chi connectivity index (χ3v) is 12.6. The van der Waals surface area contributed by atoms with E-state index in [1.165, 1.54) is 128 Å². The normalized spacial score (nSPS) is 12.7. The molecule has 2 atom stereocenters. The summed E-state index contributed by atoms with van der Waals surface area (Å²) in [4.78, 5) is 2.32. The molecular weight excluding hydrogens is 869 g/mol. The summed E-state index contributed by atoms with van der Waals surface area (Å²) in [6, 6.07) is 6.29. The molecule has 0 aliphatic heterocycles. The van der Waals surface area contributed by atoms with Crippen LogP contribution in [0.2, 0.25) is 0 Å². The van der Waals surface area contributed by atoms with E-state index in [-0.39, 0.29) is 32.0 Å². The van der Waals surface area contributed by atoms with Gasteiger partial charge in [-0.25, -0.2) is 4.57 Å². The molecule has 0 aliphatic carbocycles. The van der Waals surface area contributed by atoms with Crippen LogP contribution in [-0.4, -0.2) is 128 Å². The van der Waals surface area contributed by atoms with Crippen molar-refractivity contribution >= 4 is 27.8 Å². The fraction of sp³-hybridized carbons (Fsp3) is 0.830. The van der Waals surface area contributed by atoms with E-state index in [1.807, 2.05) is 29.3 Å². The van der Waals surface area contributed by atoms with Crippen LogP contribution in [0.15, 0.2) is 40.0 Å². The Hall–Kier alpha value is -2.11. The van der Waals surface area contributed by atoms with Crippen molar-refractivity contribution in [1.29, 1.82) is 0 Å². The van der Waals surface area contributed by atoms with Crippen molar-refractivity contribution in [1.82, 2.24) is 0 Å². The van der Waals surface area contributed by atoms with Crippen LogP contribution in [0.3, 0.4) is 0 Å². The van der Waals surface area contributed by atoms with Gasteiger partial charge in [-0.2, -0.15) is 0 Å². The Labute approximate surface area is 411 Å². The summed E-state index contributed by atoms with van der Waals surface area (Å²) in [5, 5.41) is 30.3. The molecule has 2 N–H and O–H groups in total. The second-order valence-corrected chi connectivity index (χ2v) is 18.7. The fourth-order valence-corrected chi connectivity index (χ4v) is 8.50. The molecule has 0 bridgehead atoms. The van der Waals surface area contributed by atoms with E-state index in [2.05, 4.69) is 48.0 Å². The zero-order valence-electron chi connectivity index (χ0n) is 42.9. The summed E-state index contributed by atoms with van der Waals surface area (Å²) < 4.78 is 44.4. The molecule has 0 spiro atoms. The number of aliphatic hydroxyl groups is 2. The van der Waals surface area contributed by atoms with E-state index < -0.39 is 0 Å². The molecule has 1 aromatic carbocycles. The van der Waals surface area contributed by atoms with Crippen molar-refractivity contribution < 1.29 is 47.9 Å². The molecule has 2 rings (SSSR count). The van der Waals surface area contributed by atoms with Gasteiger partial charge in [-0.3, -0.25) is 0 Å². The van der Waals surface area contributed by atoms with E-state index in [0.29, 0.717) is 85.8 Å². The average Bonchev–Trinajstić information content (AvgIpc) is 3.75. The number of ether oxygens (including phenoxy) is 7. The summed E-state index contributed by atoms with van der Waals surface area (Å²) in [7, 11) is 1.97. The topological polar surface area (TPSA) is 137 Å². The van der Waals surface area contributed by atoms with Crippen molar-refractivity contribution in [2.24, 2.45) is 17.3 Å². The van der Waals surface area contributed by atoms with Gasteiger partial charge in [-0.15, -0.1) is 0 Å². The van der Waals surface area contributed by atoms with Gasteiger partial charge in [0, 0.05) is 37.4 Å². The fourth-order valence-electron chi connectivity index (χ4n) is 7.82. The molecule has 67 heavy (non-hydrogen) atoms. The van der Waals surface area contributed by atoms with Crippen LogP contribution in [0.5, 0.6) is 0 Å². The highest BCUT2D eigenvalue weighted by Crippen LogP contribution is 2.28. The van der Waals surface area contributed by atoms with Crippen LogP contribution in [0.1, 0.15) is 161 Å². The SMILES string of the molecule is CCCCCCCCCCCCCOCC(CN(CC(COCCCCCCCCCCCCC)OCCOCCOCCO)c1ccc(/N=N/c2scc[n+]2C)c(C)c1)OCCOCCO. The first kappa shape index (κ1) is 61.0. The van der Waals surface area contributed by atoms with E-state index in [0.717, 1.165) is 34.9 Å². The van der Waals surface area contributed by atoms with Crippen molar-refractivity contribution in [3.63, 3.8) is 0 Å². The summed E-state index contributed by atoms with van der Waals surface area (Å²) in [5.74, 6) is 0. The number of benzene rings is 1. The Morgan fingerprint density at radius 1 is 0.537 bits per heavy atom. The minimum atomic E-state index is -0.246. The first-order valence-corrected chi connectivity index (χ1v) is 27.4. The zero-order valence-corrected chi connectivity index (χ0v) is 43.7. The van der Waals surface area contributed by atoms with Crippen molar-refractivity contribution in [2.75, 3.05) is 110 Å². The first-order valence-electron chi connectivity index (χ1n) is 26.6. The molecule has 2 aromatic rings. The van der Waals surface area contributed by atoms with Gasteiger partial charge >= 0.3 is 5.13 Å². The van der Waals surface area contributed by atoms with Crippen LogP contribution in [0.4, 0.5) is 16.5 Å². The van der Waals surface area contributed by atoms with Gasteiger partial charge in [0.1, 0.15) is 11.9 Å². The molecule has 0 radical (unpaired) electrons. The molecule has 14 heteroatoms. The van der Waals surface area contributed by atoms with Crippen molar-refractivity contribution in [3.8, 4) is 0 Å². The first-order chi connectivity index (χ1) is 33.0. The number of hydrogen-bond donors (Lipinski definition) is 2. The number of unbranched alkanes of at least 4 members (excludes halogenated alkanes) is 20. The van der Waals surface area contributed by atoms with Gasteiger partial charge < -0.3 is 48.3 Å². The van der Waals surface area contributed by atoms with E-state index in [9.17, 15) is 5.11 Å². The molecule has 1 heterocycles. The molecular formula is C53H97N4O9S+. The van der Waals surface area contributed by atoms with Crippen LogP contribution in [-0.2, 0) is 40.2 Å². The molecule has 2 unspecified atom stereocenters. The molecule has 0 amide bonds. The maximum Gasteiger partial charge on any atom is 0.408 e. The molecule has 1 aromatic heterocycles. The largest absolute Gasteiger partial charge is 0.408 e. The van der Waals surface area contributed by atoms with E-state index in [4.69, 9.17) is 38.3 Å². The van der Waals surface area contributed by atoms with Crippen LogP contribution >= 0.6 is 11.3 Å². The lowest BCUT2D eigenvalue weighted by Crippen LogP contribution is -2.43. The third-order valence-electron chi connectivity index (χ3n) is 11.8. The monoisotopic (exact) mass is 966 g/mol. The number of hydrogen-bond acceptors (Lipinski definition) is 13. The Morgan fingerprint density at radius 2 is 0.970 bits per heavy atom. The second kappa shape index (κ2) is 45.1. The predicted octanol–water partition coefficient (Wildman–Crippen LogP) is 11.6. The molecule has 0 saturated carbocycles. The summed E-state index contributed by atoms with van der Waals surface area (Å²) in [5.41, 5.74) is 2.84. The average molecular weight is 966 g/mol. The Morgan fingerprint density at radius 3 is 1.39 bits per heavy atom. The van der Waals surface area contributed by atoms with Crippen LogP contribution in [0.25, 0.3) is 0 Å². The highest BCUT2D eigenvalue weighted by Gasteiger charge is 2.22. The van der Waals surface area contributed by atoms with Gasteiger partial charge in [0.25, 0.3) is 0 Å². The number of nitrogens with zero attached hydrogens (tertiary/aromatic N) is 4. The maximum absolute atomic E-state index is 9.28. The summed E-state index contributed by atoms with van der Waals surface area (Å²) >= 11 is 1.55. The number of aryl methyl sites for hydroxylation is 2. The lowest BCUT2D eigenvalue weighted by Gasteiger charge is -2.33. The molecule has 13 nitrogen and oxygen atoms in total. The second-order valence-electron chi connectivity index (χ2n) is 17.9. The molecule has 0 aliphatic rings. The van der Waals surface area contributed by atoms with E-state index >= 15 is 0 Å². The predicted molar refractivity (Wildman–Crippen MR) is 274 cm³/mol. The Bertz CT molecular complexity index is 1410. The smallest absolute Gasteiger partial charge is 0.394 e. The van der Waals surface area contributed by atoms with Gasteiger partial charge in [-0.05, 0) is 60.0 Å². The maximum atomic E-state index is 9.28.